The van der Waals surface area contributed by atoms with E-state index < -0.39 is 21.9 Å². The van der Waals surface area contributed by atoms with Crippen molar-refractivity contribution < 1.29 is 27.1 Å². The number of nitrogens with one attached hydrogen (secondary N) is 1. The van der Waals surface area contributed by atoms with Crippen LogP contribution in [0.25, 0.3) is 11.3 Å². The van der Waals surface area contributed by atoms with E-state index in [1.165, 1.54) is 16.4 Å². The normalized spacial score (nSPS) is 24.5. The molecule has 3 aliphatic heterocycles. The zero-order chi connectivity index (χ0) is 28.1. The van der Waals surface area contributed by atoms with Gasteiger partial charge in [-0.15, -0.1) is 0 Å². The first-order valence-electron chi connectivity index (χ1n) is 13.5. The Balaban J connectivity index is 1.50. The number of halogens is 1. The maximum atomic E-state index is 14.6. The maximum absolute atomic E-state index is 14.6. The van der Waals surface area contributed by atoms with E-state index in [9.17, 15) is 17.6 Å². The summed E-state index contributed by atoms with van der Waals surface area (Å²) in [6.45, 7) is 12.0. The smallest absolute Gasteiger partial charge is 0.304 e. The molecule has 0 spiro atoms. The number of anilines is 1. The molecule has 0 radical (unpaired) electrons. The molecule has 3 aliphatic rings. The van der Waals surface area contributed by atoms with Gasteiger partial charge in [-0.1, -0.05) is 20.8 Å². The fourth-order valence-corrected chi connectivity index (χ4v) is 7.26. The Morgan fingerprint density at radius 2 is 2.03 bits per heavy atom. The maximum Gasteiger partial charge on any atom is 0.304 e. The molecule has 1 N–H and O–H groups in total. The first-order chi connectivity index (χ1) is 18.3. The number of carbonyl (C=O) groups excluding carboxylic acids is 1. The molecule has 3 unspecified atom stereocenters. The Bertz CT molecular complexity index is 1370. The summed E-state index contributed by atoms with van der Waals surface area (Å²) in [5.41, 5.74) is 0.797. The molecular weight excluding hydrogens is 523 g/mol. The molecule has 1 aromatic heterocycles. The lowest BCUT2D eigenvalue weighted by molar-refractivity contribution is 0.0601. The van der Waals surface area contributed by atoms with Crippen LogP contribution in [0.4, 0.5) is 10.2 Å². The Kier molecular flexibility index (Phi) is 7.36. The molecule has 11 heteroatoms. The second-order valence-corrected chi connectivity index (χ2v) is 13.7. The van der Waals surface area contributed by atoms with E-state index in [1.807, 2.05) is 18.7 Å². The zero-order valence-corrected chi connectivity index (χ0v) is 23.9. The lowest BCUT2D eigenvalue weighted by Gasteiger charge is -2.34. The van der Waals surface area contributed by atoms with E-state index in [1.54, 1.807) is 18.2 Å². The Labute approximate surface area is 229 Å². The summed E-state index contributed by atoms with van der Waals surface area (Å²) < 4.78 is 55.7. The topological polar surface area (TPSA) is 101 Å². The van der Waals surface area contributed by atoms with Gasteiger partial charge in [0.05, 0.1) is 36.6 Å². The van der Waals surface area contributed by atoms with Crippen molar-refractivity contribution >= 4 is 21.9 Å². The van der Waals surface area contributed by atoms with Gasteiger partial charge in [0.15, 0.2) is 0 Å². The molecule has 2 aromatic rings. The number of nitrogens with zero attached hydrogens (tertiary/aromatic N) is 3. The van der Waals surface area contributed by atoms with Crippen molar-refractivity contribution in [2.24, 2.45) is 11.8 Å². The van der Waals surface area contributed by atoms with E-state index in [2.05, 4.69) is 25.5 Å². The van der Waals surface area contributed by atoms with Crippen LogP contribution in [0, 0.1) is 17.7 Å². The molecule has 212 valence electrons. The van der Waals surface area contributed by atoms with Crippen LogP contribution >= 0.6 is 0 Å². The Morgan fingerprint density at radius 3 is 2.64 bits per heavy atom. The lowest BCUT2D eigenvalue weighted by atomic mass is 9.97. The van der Waals surface area contributed by atoms with Crippen LogP contribution in [-0.4, -0.2) is 67.6 Å². The van der Waals surface area contributed by atoms with Crippen molar-refractivity contribution in [3.8, 4) is 17.0 Å². The second-order valence-electron chi connectivity index (χ2n) is 12.0. The van der Waals surface area contributed by atoms with Gasteiger partial charge in [0.2, 0.25) is 0 Å². The summed E-state index contributed by atoms with van der Waals surface area (Å²) in [4.78, 5) is 20.4. The fourth-order valence-electron chi connectivity index (χ4n) is 5.90. The largest absolute Gasteiger partial charge is 0.493 e. The van der Waals surface area contributed by atoms with Crippen LogP contribution in [0.15, 0.2) is 30.3 Å². The number of hydrogen-bond donors (Lipinski definition) is 1. The van der Waals surface area contributed by atoms with Gasteiger partial charge in [-0.05, 0) is 62.8 Å². The number of pyridine rings is 1. The predicted octanol–water partition coefficient (Wildman–Crippen LogP) is 4.00. The molecule has 1 amide bonds. The summed E-state index contributed by atoms with van der Waals surface area (Å²) in [5.74, 6) is 0.183. The van der Waals surface area contributed by atoms with Crippen molar-refractivity contribution in [3.63, 3.8) is 0 Å². The highest BCUT2D eigenvalue weighted by molar-refractivity contribution is 7.87. The molecule has 0 aliphatic carbocycles. The third-order valence-corrected chi connectivity index (χ3v) is 9.09. The van der Waals surface area contributed by atoms with E-state index in [0.717, 1.165) is 6.42 Å². The van der Waals surface area contributed by atoms with E-state index in [-0.39, 0.29) is 35.7 Å². The SMILES string of the molecule is CC(C)COc1cc(F)cc(-c2ccc(C(=O)NS(=O)(=O)N3CC4CC3CO4)c(N3CC(C)CC3(C)C)n2)c1. The van der Waals surface area contributed by atoms with Gasteiger partial charge in [-0.25, -0.2) is 14.1 Å². The number of aromatic nitrogens is 1. The minimum absolute atomic E-state index is 0.134. The van der Waals surface area contributed by atoms with Crippen molar-refractivity contribution in [2.45, 2.75) is 65.1 Å². The molecule has 3 fully saturated rings. The second kappa shape index (κ2) is 10.3. The number of benzene rings is 1. The summed E-state index contributed by atoms with van der Waals surface area (Å²) in [7, 11) is -4.06. The number of carbonyl (C=O) groups is 1. The highest BCUT2D eigenvalue weighted by Crippen LogP contribution is 2.39. The van der Waals surface area contributed by atoms with Crippen LogP contribution in [0.1, 0.15) is 57.8 Å². The summed E-state index contributed by atoms with van der Waals surface area (Å²) in [6.07, 6.45) is 1.38. The Hall–Kier alpha value is -2.76. The Morgan fingerprint density at radius 1 is 1.26 bits per heavy atom. The quantitative estimate of drug-likeness (QED) is 0.521. The van der Waals surface area contributed by atoms with Crippen LogP contribution in [-0.2, 0) is 14.9 Å². The first kappa shape index (κ1) is 27.8. The zero-order valence-electron chi connectivity index (χ0n) is 23.1. The van der Waals surface area contributed by atoms with Gasteiger partial charge in [-0.2, -0.15) is 12.7 Å². The van der Waals surface area contributed by atoms with Crippen molar-refractivity contribution in [1.82, 2.24) is 14.0 Å². The fraction of sp³-hybridized carbons (Fsp3) is 0.571. The molecule has 2 bridgehead atoms. The number of ether oxygens (including phenoxy) is 2. The average molecular weight is 561 g/mol. The number of fused-ring (bicyclic) bond motifs is 2. The first-order valence-corrected chi connectivity index (χ1v) is 14.9. The third kappa shape index (κ3) is 5.76. The van der Waals surface area contributed by atoms with Gasteiger partial charge in [-0.3, -0.25) is 4.79 Å². The number of hydrogen-bond acceptors (Lipinski definition) is 7. The summed E-state index contributed by atoms with van der Waals surface area (Å²) >= 11 is 0. The van der Waals surface area contributed by atoms with Gasteiger partial charge >= 0.3 is 10.2 Å². The van der Waals surface area contributed by atoms with Crippen molar-refractivity contribution in [2.75, 3.05) is 31.2 Å². The third-order valence-electron chi connectivity index (χ3n) is 7.58. The molecule has 4 heterocycles. The standard InChI is InChI=1S/C28H37FN4O5S/c1-17(2)15-37-22-9-19(8-20(29)10-22)25-7-6-24(26(30-25)32-13-18(3)12-28(32,4)5)27(34)31-39(35,36)33-14-23-11-21(33)16-38-23/h6-10,17-18,21,23H,11-16H2,1-5H3,(H,31,34). The number of amides is 1. The molecule has 39 heavy (non-hydrogen) atoms. The minimum atomic E-state index is -4.06. The lowest BCUT2D eigenvalue weighted by Crippen LogP contribution is -2.49. The highest BCUT2D eigenvalue weighted by atomic mass is 32.2. The molecule has 3 saturated heterocycles. The van der Waals surface area contributed by atoms with Crippen LogP contribution in [0.3, 0.4) is 0 Å². The van der Waals surface area contributed by atoms with Gasteiger partial charge < -0.3 is 14.4 Å². The van der Waals surface area contributed by atoms with E-state index >= 15 is 0 Å². The van der Waals surface area contributed by atoms with Crippen molar-refractivity contribution in [1.29, 1.82) is 0 Å². The number of morpholine rings is 1. The van der Waals surface area contributed by atoms with Gasteiger partial charge in [0.1, 0.15) is 17.4 Å². The molecule has 1 aromatic carbocycles. The van der Waals surface area contributed by atoms with Crippen LogP contribution in [0.5, 0.6) is 5.75 Å². The van der Waals surface area contributed by atoms with E-state index in [0.29, 0.717) is 54.9 Å². The summed E-state index contributed by atoms with van der Waals surface area (Å²) in [6, 6.07) is 7.36. The van der Waals surface area contributed by atoms with Crippen LogP contribution in [0.2, 0.25) is 0 Å². The summed E-state index contributed by atoms with van der Waals surface area (Å²) in [5, 5.41) is 0. The van der Waals surface area contributed by atoms with Crippen molar-refractivity contribution in [3.05, 3.63) is 41.7 Å². The molecular formula is C28H37FN4O5S. The van der Waals surface area contributed by atoms with Gasteiger partial charge in [0, 0.05) is 30.3 Å². The van der Waals surface area contributed by atoms with Gasteiger partial charge in [0.25, 0.3) is 5.91 Å². The van der Waals surface area contributed by atoms with Crippen LogP contribution < -0.4 is 14.4 Å². The molecule has 3 atom stereocenters. The molecule has 0 saturated carbocycles. The molecule has 9 nitrogen and oxygen atoms in total. The van der Waals surface area contributed by atoms with E-state index in [4.69, 9.17) is 14.5 Å². The molecule has 5 rings (SSSR count). The predicted molar refractivity (Wildman–Crippen MR) is 146 cm³/mol. The monoisotopic (exact) mass is 560 g/mol. The number of rotatable bonds is 8. The average Bonchev–Trinajstić information content (AvgIpc) is 3.56. The highest BCUT2D eigenvalue weighted by Gasteiger charge is 2.46. The minimum Gasteiger partial charge on any atom is -0.493 e.